The summed E-state index contributed by atoms with van der Waals surface area (Å²) in [4.78, 5) is 20.3. The number of hydrogen-bond donors (Lipinski definition) is 0. The normalized spacial score (nSPS) is 11.5. The summed E-state index contributed by atoms with van der Waals surface area (Å²) in [7, 11) is 0. The molecule has 0 amide bonds. The zero-order valence-electron chi connectivity index (χ0n) is 30.7. The predicted octanol–water partition coefficient (Wildman–Crippen LogP) is 13.9. The van der Waals surface area contributed by atoms with Crippen molar-refractivity contribution in [2.75, 3.05) is 0 Å². The van der Waals surface area contributed by atoms with Gasteiger partial charge in [0.15, 0.2) is 5.82 Å². The lowest BCUT2D eigenvalue weighted by atomic mass is 9.94. The zero-order chi connectivity index (χ0) is 37.7. The van der Waals surface area contributed by atoms with Crippen LogP contribution in [0.1, 0.15) is 0 Å². The average Bonchev–Trinajstić information content (AvgIpc) is 3.67. The number of benzene rings is 7. The van der Waals surface area contributed by atoms with Gasteiger partial charge in [0.2, 0.25) is 0 Å². The molecule has 0 unspecified atom stereocenters. The second-order valence-electron chi connectivity index (χ2n) is 14.3. The van der Waals surface area contributed by atoms with E-state index in [1.807, 2.05) is 41.8 Å². The van der Waals surface area contributed by atoms with Gasteiger partial charge in [-0.15, -0.1) is 11.3 Å². The summed E-state index contributed by atoms with van der Waals surface area (Å²) >= 11 is 1.84. The Bertz CT molecular complexity index is 3300. The maximum atomic E-state index is 5.27. The van der Waals surface area contributed by atoms with Crippen molar-refractivity contribution >= 4 is 53.3 Å². The molecule has 7 aromatic carbocycles. The summed E-state index contributed by atoms with van der Waals surface area (Å²) in [5.41, 5.74) is 12.9. The third kappa shape index (κ3) is 6.11. The lowest BCUT2D eigenvalue weighted by Crippen LogP contribution is -1.97. The van der Waals surface area contributed by atoms with Crippen molar-refractivity contribution in [2.24, 2.45) is 0 Å². The number of aromatic nitrogens is 4. The molecule has 0 saturated carbocycles. The van der Waals surface area contributed by atoms with Crippen LogP contribution in [0, 0.1) is 0 Å². The Labute approximate surface area is 333 Å². The molecular weight excluding hydrogens is 713 g/mol. The minimum atomic E-state index is 0.674. The largest absolute Gasteiger partial charge is 0.254 e. The van der Waals surface area contributed by atoms with E-state index in [2.05, 4.69) is 169 Å². The first kappa shape index (κ1) is 33.0. The molecule has 0 N–H and O–H groups in total. The van der Waals surface area contributed by atoms with E-state index < -0.39 is 0 Å². The van der Waals surface area contributed by atoms with E-state index in [9.17, 15) is 0 Å². The van der Waals surface area contributed by atoms with Gasteiger partial charge in [-0.3, -0.25) is 4.98 Å². The fourth-order valence-corrected chi connectivity index (χ4v) is 8.91. The molecule has 0 aliphatic heterocycles. The molecule has 4 nitrogen and oxygen atoms in total. The summed E-state index contributed by atoms with van der Waals surface area (Å²) in [6.07, 6.45) is 1.83. The van der Waals surface area contributed by atoms with Crippen molar-refractivity contribution in [2.45, 2.75) is 0 Å². The second-order valence-corrected chi connectivity index (χ2v) is 15.4. The van der Waals surface area contributed by atoms with Gasteiger partial charge in [-0.25, -0.2) is 15.0 Å². The minimum Gasteiger partial charge on any atom is -0.254 e. The van der Waals surface area contributed by atoms with Crippen molar-refractivity contribution in [1.29, 1.82) is 0 Å². The standard InChI is InChI=1S/C52H32N4S/c1-3-11-33(12-4-1)40-28-41(37-23-25-49-44(31-37)43-18-7-8-19-48(43)57-49)30-42(29-40)47-32-46(55-52(56-47)36-13-5-2-6-14-36)39-16-9-15-38(27-39)45-24-22-35-21-20-34-17-10-26-53-50(34)51(35)54-45/h1-32H. The summed E-state index contributed by atoms with van der Waals surface area (Å²) in [6.45, 7) is 0. The molecule has 11 aromatic rings. The molecule has 4 heterocycles. The van der Waals surface area contributed by atoms with E-state index in [4.69, 9.17) is 15.0 Å². The third-order valence-electron chi connectivity index (χ3n) is 10.7. The quantitative estimate of drug-likeness (QED) is 0.159. The highest BCUT2D eigenvalue weighted by molar-refractivity contribution is 7.25. The molecule has 0 saturated heterocycles. The van der Waals surface area contributed by atoms with Crippen LogP contribution in [0.3, 0.4) is 0 Å². The van der Waals surface area contributed by atoms with E-state index in [0.29, 0.717) is 5.82 Å². The van der Waals surface area contributed by atoms with Crippen LogP contribution >= 0.6 is 11.3 Å². The molecule has 11 rings (SSSR count). The average molecular weight is 745 g/mol. The van der Waals surface area contributed by atoms with Crippen molar-refractivity contribution in [1.82, 2.24) is 19.9 Å². The van der Waals surface area contributed by atoms with E-state index >= 15 is 0 Å². The molecule has 4 aromatic heterocycles. The lowest BCUT2D eigenvalue weighted by molar-refractivity contribution is 1.18. The molecular formula is C52H32N4S. The van der Waals surface area contributed by atoms with Crippen molar-refractivity contribution in [3.8, 4) is 67.4 Å². The third-order valence-corrected chi connectivity index (χ3v) is 11.8. The van der Waals surface area contributed by atoms with Gasteiger partial charge in [0, 0.05) is 59.4 Å². The van der Waals surface area contributed by atoms with Crippen LogP contribution in [0.25, 0.3) is 109 Å². The molecule has 0 radical (unpaired) electrons. The molecule has 266 valence electrons. The maximum Gasteiger partial charge on any atom is 0.160 e. The maximum absolute atomic E-state index is 5.27. The van der Waals surface area contributed by atoms with Crippen LogP contribution in [0.15, 0.2) is 194 Å². The number of pyridine rings is 2. The van der Waals surface area contributed by atoms with Crippen molar-refractivity contribution in [3.05, 3.63) is 194 Å². The number of nitrogens with zero attached hydrogens (tertiary/aromatic N) is 4. The Morgan fingerprint density at radius 1 is 0.316 bits per heavy atom. The molecule has 5 heteroatoms. The van der Waals surface area contributed by atoms with E-state index in [1.54, 1.807) is 0 Å². The number of hydrogen-bond acceptors (Lipinski definition) is 5. The van der Waals surface area contributed by atoms with Gasteiger partial charge in [0.1, 0.15) is 0 Å². The van der Waals surface area contributed by atoms with Gasteiger partial charge in [0.05, 0.1) is 28.1 Å². The van der Waals surface area contributed by atoms with Crippen molar-refractivity contribution in [3.63, 3.8) is 0 Å². The molecule has 0 aliphatic rings. The first-order valence-corrected chi connectivity index (χ1v) is 19.8. The second kappa shape index (κ2) is 13.7. The van der Waals surface area contributed by atoms with Crippen LogP contribution in [0.2, 0.25) is 0 Å². The molecule has 0 bridgehead atoms. The highest BCUT2D eigenvalue weighted by atomic mass is 32.1. The monoisotopic (exact) mass is 744 g/mol. The Morgan fingerprint density at radius 3 is 1.75 bits per heavy atom. The smallest absolute Gasteiger partial charge is 0.160 e. The topological polar surface area (TPSA) is 51.6 Å². The summed E-state index contributed by atoms with van der Waals surface area (Å²) in [5.74, 6) is 0.674. The minimum absolute atomic E-state index is 0.674. The van der Waals surface area contributed by atoms with Gasteiger partial charge in [-0.05, 0) is 82.9 Å². The van der Waals surface area contributed by atoms with Crippen LogP contribution in [0.5, 0.6) is 0 Å². The molecule has 0 aliphatic carbocycles. The summed E-state index contributed by atoms with van der Waals surface area (Å²) in [5, 5.41) is 4.71. The van der Waals surface area contributed by atoms with Gasteiger partial charge in [0.25, 0.3) is 0 Å². The van der Waals surface area contributed by atoms with Crippen LogP contribution in [0.4, 0.5) is 0 Å². The fourth-order valence-electron chi connectivity index (χ4n) is 7.83. The van der Waals surface area contributed by atoms with E-state index in [0.717, 1.165) is 77.8 Å². The Morgan fingerprint density at radius 2 is 0.930 bits per heavy atom. The molecule has 57 heavy (non-hydrogen) atoms. The molecule has 0 fully saturated rings. The van der Waals surface area contributed by atoms with Crippen LogP contribution < -0.4 is 0 Å². The Kier molecular flexibility index (Phi) is 7.97. The van der Waals surface area contributed by atoms with Gasteiger partial charge in [-0.1, -0.05) is 127 Å². The van der Waals surface area contributed by atoms with E-state index in [-0.39, 0.29) is 0 Å². The van der Waals surface area contributed by atoms with Gasteiger partial charge >= 0.3 is 0 Å². The summed E-state index contributed by atoms with van der Waals surface area (Å²) < 4.78 is 2.59. The highest BCUT2D eigenvalue weighted by Gasteiger charge is 2.16. The zero-order valence-corrected chi connectivity index (χ0v) is 31.5. The molecule has 0 atom stereocenters. The fraction of sp³-hybridized carbons (Fsp3) is 0. The first-order valence-electron chi connectivity index (χ1n) is 19.0. The van der Waals surface area contributed by atoms with Crippen molar-refractivity contribution < 1.29 is 0 Å². The van der Waals surface area contributed by atoms with E-state index in [1.165, 1.54) is 25.7 Å². The highest BCUT2D eigenvalue weighted by Crippen LogP contribution is 2.39. The predicted molar refractivity (Wildman–Crippen MR) is 238 cm³/mol. The lowest BCUT2D eigenvalue weighted by Gasteiger charge is -2.14. The number of fused-ring (bicyclic) bond motifs is 6. The summed E-state index contributed by atoms with van der Waals surface area (Å²) in [6, 6.07) is 66.3. The Hall–Kier alpha value is -7.34. The van der Waals surface area contributed by atoms with Gasteiger partial charge < -0.3 is 0 Å². The van der Waals surface area contributed by atoms with Crippen LogP contribution in [-0.2, 0) is 0 Å². The first-order chi connectivity index (χ1) is 28.2. The SMILES string of the molecule is c1ccc(-c2cc(-c3ccc4sc5ccccc5c4c3)cc(-c3cc(-c4cccc(-c5ccc6ccc7cccnc7c6n5)c4)nc(-c4ccccc4)n3)c2)cc1. The van der Waals surface area contributed by atoms with Gasteiger partial charge in [-0.2, -0.15) is 0 Å². The number of rotatable bonds is 6. The Balaban J connectivity index is 1.08. The number of thiophene rings is 1. The van der Waals surface area contributed by atoms with Crippen LogP contribution in [-0.4, -0.2) is 19.9 Å². The molecule has 0 spiro atoms.